The maximum atomic E-state index is 11.6. The van der Waals surface area contributed by atoms with E-state index < -0.39 is 10.0 Å². The maximum Gasteiger partial charge on any atom is 0.211 e. The van der Waals surface area contributed by atoms with E-state index in [1.54, 1.807) is 16.0 Å². The van der Waals surface area contributed by atoms with Crippen molar-refractivity contribution in [2.24, 2.45) is 18.0 Å². The Labute approximate surface area is 161 Å². The first-order valence-corrected chi connectivity index (χ1v) is 11.2. The number of aryl methyl sites for hydroxylation is 1. The standard InChI is InChI=1S/C17H30N6O3S/c1-18-17(19-10-14-4-6-23(7-5-14)27(3,24)25)22-8-9-26-16(13-22)15-11-20-21(2)12-15/h11-12,14,16H,4-10,13H2,1-3H3,(H,18,19). The van der Waals surface area contributed by atoms with Gasteiger partial charge in [-0.1, -0.05) is 0 Å². The van der Waals surface area contributed by atoms with E-state index in [9.17, 15) is 8.42 Å². The minimum atomic E-state index is -3.07. The summed E-state index contributed by atoms with van der Waals surface area (Å²) in [5.74, 6) is 1.33. The molecule has 0 amide bonds. The van der Waals surface area contributed by atoms with Crippen LogP contribution in [0.1, 0.15) is 24.5 Å². The van der Waals surface area contributed by atoms with Gasteiger partial charge >= 0.3 is 0 Å². The lowest BCUT2D eigenvalue weighted by atomic mass is 9.98. The van der Waals surface area contributed by atoms with Crippen LogP contribution >= 0.6 is 0 Å². The number of ether oxygens (including phenoxy) is 1. The van der Waals surface area contributed by atoms with E-state index in [1.807, 2.05) is 19.4 Å². The molecule has 3 heterocycles. The molecule has 0 saturated carbocycles. The molecular weight excluding hydrogens is 368 g/mol. The molecule has 1 unspecified atom stereocenters. The summed E-state index contributed by atoms with van der Waals surface area (Å²) < 4.78 is 32.5. The van der Waals surface area contributed by atoms with Crippen LogP contribution in [0, 0.1) is 5.92 Å². The van der Waals surface area contributed by atoms with Crippen molar-refractivity contribution in [1.29, 1.82) is 0 Å². The number of aromatic nitrogens is 2. The Bertz CT molecular complexity index is 754. The van der Waals surface area contributed by atoms with Gasteiger partial charge in [-0.25, -0.2) is 12.7 Å². The minimum absolute atomic E-state index is 0.0102. The molecule has 10 heteroatoms. The normalized spacial score (nSPS) is 23.6. The first-order chi connectivity index (χ1) is 12.9. The largest absolute Gasteiger partial charge is 0.370 e. The Hall–Kier alpha value is -1.65. The molecule has 1 N–H and O–H groups in total. The minimum Gasteiger partial charge on any atom is -0.370 e. The number of sulfonamides is 1. The second-order valence-corrected chi connectivity index (χ2v) is 9.27. The Morgan fingerprint density at radius 2 is 2.11 bits per heavy atom. The van der Waals surface area contributed by atoms with Gasteiger partial charge in [-0.3, -0.25) is 9.67 Å². The van der Waals surface area contributed by atoms with Crippen LogP contribution < -0.4 is 5.32 Å². The molecular formula is C17H30N6O3S. The van der Waals surface area contributed by atoms with Crippen LogP contribution in [-0.4, -0.2) is 86.0 Å². The van der Waals surface area contributed by atoms with E-state index in [4.69, 9.17) is 4.74 Å². The summed E-state index contributed by atoms with van der Waals surface area (Å²) >= 11 is 0. The summed E-state index contributed by atoms with van der Waals surface area (Å²) in [6.07, 6.45) is 6.85. The van der Waals surface area contributed by atoms with Crippen LogP contribution in [0.4, 0.5) is 0 Å². The summed E-state index contributed by atoms with van der Waals surface area (Å²) in [6.45, 7) is 4.18. The smallest absolute Gasteiger partial charge is 0.211 e. The SMILES string of the molecule is CN=C(NCC1CCN(S(C)(=O)=O)CC1)N1CCOC(c2cnn(C)c2)C1. The quantitative estimate of drug-likeness (QED) is 0.569. The predicted molar refractivity (Wildman–Crippen MR) is 104 cm³/mol. The number of rotatable bonds is 4. The highest BCUT2D eigenvalue weighted by molar-refractivity contribution is 7.88. The van der Waals surface area contributed by atoms with Crippen molar-refractivity contribution in [3.63, 3.8) is 0 Å². The first-order valence-electron chi connectivity index (χ1n) is 9.37. The molecule has 2 fully saturated rings. The average molecular weight is 399 g/mol. The van der Waals surface area contributed by atoms with Gasteiger partial charge in [-0.15, -0.1) is 0 Å². The fourth-order valence-corrected chi connectivity index (χ4v) is 4.54. The molecule has 2 aliphatic heterocycles. The van der Waals surface area contributed by atoms with E-state index in [1.165, 1.54) is 6.26 Å². The van der Waals surface area contributed by atoms with Gasteiger partial charge in [0.15, 0.2) is 5.96 Å². The number of hydrogen-bond donors (Lipinski definition) is 1. The molecule has 0 radical (unpaired) electrons. The summed E-state index contributed by atoms with van der Waals surface area (Å²) in [5, 5.41) is 7.70. The van der Waals surface area contributed by atoms with Gasteiger partial charge in [-0.05, 0) is 18.8 Å². The lowest BCUT2D eigenvalue weighted by molar-refractivity contribution is -0.00810. The van der Waals surface area contributed by atoms with Crippen LogP contribution in [0.5, 0.6) is 0 Å². The zero-order chi connectivity index (χ0) is 19.4. The predicted octanol–water partition coefficient (Wildman–Crippen LogP) is 0.0404. The molecule has 2 aliphatic rings. The second-order valence-electron chi connectivity index (χ2n) is 7.29. The molecule has 27 heavy (non-hydrogen) atoms. The van der Waals surface area contributed by atoms with Crippen LogP contribution in [0.2, 0.25) is 0 Å². The number of piperidine rings is 1. The zero-order valence-corrected chi connectivity index (χ0v) is 17.2. The monoisotopic (exact) mass is 398 g/mol. The molecule has 3 rings (SSSR count). The Balaban J connectivity index is 1.50. The average Bonchev–Trinajstić information content (AvgIpc) is 3.09. The molecule has 0 aromatic carbocycles. The van der Waals surface area contributed by atoms with Crippen molar-refractivity contribution in [3.05, 3.63) is 18.0 Å². The highest BCUT2D eigenvalue weighted by Gasteiger charge is 2.27. The topological polar surface area (TPSA) is 92.1 Å². The van der Waals surface area contributed by atoms with Gasteiger partial charge in [0.05, 0.1) is 25.6 Å². The van der Waals surface area contributed by atoms with Crippen LogP contribution in [0.3, 0.4) is 0 Å². The van der Waals surface area contributed by atoms with Crippen LogP contribution in [-0.2, 0) is 21.8 Å². The van der Waals surface area contributed by atoms with E-state index in [2.05, 4.69) is 20.3 Å². The Morgan fingerprint density at radius 3 is 2.70 bits per heavy atom. The van der Waals surface area contributed by atoms with Gasteiger partial charge in [0.2, 0.25) is 10.0 Å². The Morgan fingerprint density at radius 1 is 1.37 bits per heavy atom. The molecule has 0 bridgehead atoms. The third-order valence-corrected chi connectivity index (χ3v) is 6.57. The summed E-state index contributed by atoms with van der Waals surface area (Å²) in [5.41, 5.74) is 1.07. The lowest BCUT2D eigenvalue weighted by Crippen LogP contribution is -2.49. The van der Waals surface area contributed by atoms with Crippen molar-refractivity contribution < 1.29 is 13.2 Å². The first kappa shape index (κ1) is 20.1. The third-order valence-electron chi connectivity index (χ3n) is 5.27. The molecule has 2 saturated heterocycles. The highest BCUT2D eigenvalue weighted by Crippen LogP contribution is 2.22. The number of guanidine groups is 1. The van der Waals surface area contributed by atoms with Crippen molar-refractivity contribution in [3.8, 4) is 0 Å². The Kier molecular flexibility index (Phi) is 6.38. The lowest BCUT2D eigenvalue weighted by Gasteiger charge is -2.36. The molecule has 1 atom stereocenters. The fourth-order valence-electron chi connectivity index (χ4n) is 3.66. The zero-order valence-electron chi connectivity index (χ0n) is 16.3. The molecule has 1 aromatic heterocycles. The molecule has 9 nitrogen and oxygen atoms in total. The van der Waals surface area contributed by atoms with E-state index >= 15 is 0 Å². The second kappa shape index (κ2) is 8.57. The maximum absolute atomic E-state index is 11.6. The third kappa shape index (κ3) is 5.20. The van der Waals surface area contributed by atoms with Crippen LogP contribution in [0.25, 0.3) is 0 Å². The molecule has 0 spiro atoms. The fraction of sp³-hybridized carbons (Fsp3) is 0.765. The summed E-state index contributed by atoms with van der Waals surface area (Å²) in [7, 11) is 0.624. The molecule has 1 aromatic rings. The van der Waals surface area contributed by atoms with Gasteiger partial charge in [0, 0.05) is 52.0 Å². The van der Waals surface area contributed by atoms with Gasteiger partial charge in [-0.2, -0.15) is 5.10 Å². The van der Waals surface area contributed by atoms with Crippen LogP contribution in [0.15, 0.2) is 17.4 Å². The summed E-state index contributed by atoms with van der Waals surface area (Å²) in [4.78, 5) is 6.65. The number of morpholine rings is 1. The number of nitrogens with one attached hydrogen (secondary N) is 1. The highest BCUT2D eigenvalue weighted by atomic mass is 32.2. The van der Waals surface area contributed by atoms with Gasteiger partial charge < -0.3 is 15.0 Å². The van der Waals surface area contributed by atoms with Crippen molar-refractivity contribution in [2.75, 3.05) is 52.6 Å². The number of nitrogens with zero attached hydrogens (tertiary/aromatic N) is 5. The van der Waals surface area contributed by atoms with E-state index in [0.29, 0.717) is 25.6 Å². The van der Waals surface area contributed by atoms with Crippen molar-refractivity contribution in [1.82, 2.24) is 24.3 Å². The van der Waals surface area contributed by atoms with Gasteiger partial charge in [0.1, 0.15) is 6.10 Å². The molecule has 0 aliphatic carbocycles. The van der Waals surface area contributed by atoms with Crippen molar-refractivity contribution in [2.45, 2.75) is 18.9 Å². The van der Waals surface area contributed by atoms with E-state index in [0.717, 1.165) is 44.0 Å². The van der Waals surface area contributed by atoms with E-state index in [-0.39, 0.29) is 6.10 Å². The van der Waals surface area contributed by atoms with Gasteiger partial charge in [0.25, 0.3) is 0 Å². The molecule has 152 valence electrons. The van der Waals surface area contributed by atoms with Crippen molar-refractivity contribution >= 4 is 16.0 Å². The number of hydrogen-bond acceptors (Lipinski definition) is 5. The number of aliphatic imine (C=N–C) groups is 1. The summed E-state index contributed by atoms with van der Waals surface area (Å²) in [6, 6.07) is 0.